The average molecular weight is 353 g/mol. The number of rotatable bonds is 3. The largest absolute Gasteiger partial charge is 0.508 e. The minimum Gasteiger partial charge on any atom is -0.508 e. The Morgan fingerprint density at radius 2 is 1.92 bits per heavy atom. The van der Waals surface area contributed by atoms with E-state index in [0.717, 1.165) is 16.7 Å². The van der Waals surface area contributed by atoms with E-state index in [-0.39, 0.29) is 11.5 Å². The van der Waals surface area contributed by atoms with Crippen molar-refractivity contribution in [3.8, 4) is 28.6 Å². The predicted molar refractivity (Wildman–Crippen MR) is 96.5 cm³/mol. The van der Waals surface area contributed by atoms with E-state index in [9.17, 15) is 10.2 Å². The number of thiol groups is 1. The normalized spacial score (nSPS) is 11.3. The summed E-state index contributed by atoms with van der Waals surface area (Å²) >= 11 is 4.40. The molecule has 2 aromatic carbocycles. The third kappa shape index (κ3) is 2.53. The van der Waals surface area contributed by atoms with Gasteiger partial charge < -0.3 is 14.6 Å². The lowest BCUT2D eigenvalue weighted by molar-refractivity contribution is 0.447. The van der Waals surface area contributed by atoms with Gasteiger partial charge in [-0.25, -0.2) is 0 Å². The molecule has 0 bridgehead atoms. The minimum atomic E-state index is -0.0685. The van der Waals surface area contributed by atoms with Crippen LogP contribution in [0.5, 0.6) is 11.5 Å². The van der Waals surface area contributed by atoms with Crippen molar-refractivity contribution in [2.75, 3.05) is 0 Å². The fourth-order valence-electron chi connectivity index (χ4n) is 2.87. The van der Waals surface area contributed by atoms with E-state index in [1.54, 1.807) is 16.9 Å². The van der Waals surface area contributed by atoms with E-state index >= 15 is 0 Å². The van der Waals surface area contributed by atoms with Crippen LogP contribution in [-0.2, 0) is 6.42 Å². The van der Waals surface area contributed by atoms with Crippen LogP contribution >= 0.6 is 12.6 Å². The maximum absolute atomic E-state index is 10.3. The molecule has 6 nitrogen and oxygen atoms in total. The molecule has 0 spiro atoms. The van der Waals surface area contributed by atoms with E-state index in [0.29, 0.717) is 28.5 Å². The quantitative estimate of drug-likeness (QED) is 0.486. The van der Waals surface area contributed by atoms with Gasteiger partial charge in [0.05, 0.1) is 17.5 Å². The van der Waals surface area contributed by atoms with Crippen molar-refractivity contribution in [2.24, 2.45) is 0 Å². The van der Waals surface area contributed by atoms with Gasteiger partial charge in [-0.2, -0.15) is 0 Å². The highest BCUT2D eigenvalue weighted by Gasteiger charge is 2.19. The Balaban J connectivity index is 1.94. The van der Waals surface area contributed by atoms with Crippen molar-refractivity contribution in [2.45, 2.75) is 18.5 Å². The third-order valence-corrected chi connectivity index (χ3v) is 4.45. The summed E-state index contributed by atoms with van der Waals surface area (Å²) in [5.74, 6) is 0.432. The first-order valence-electron chi connectivity index (χ1n) is 7.75. The molecule has 0 atom stereocenters. The molecule has 7 heteroatoms. The molecule has 2 aromatic heterocycles. The lowest BCUT2D eigenvalue weighted by atomic mass is 10.1. The molecule has 0 amide bonds. The zero-order valence-electron chi connectivity index (χ0n) is 13.3. The number of benzene rings is 2. The van der Waals surface area contributed by atoms with E-state index in [4.69, 9.17) is 4.42 Å². The van der Waals surface area contributed by atoms with Gasteiger partial charge in [-0.15, -0.1) is 22.8 Å². The zero-order chi connectivity index (χ0) is 17.6. The summed E-state index contributed by atoms with van der Waals surface area (Å²) in [6, 6.07) is 10.6. The number of aromatic nitrogens is 3. The first-order valence-corrected chi connectivity index (χ1v) is 8.20. The van der Waals surface area contributed by atoms with Crippen LogP contribution in [0.25, 0.3) is 28.0 Å². The van der Waals surface area contributed by atoms with E-state index in [2.05, 4.69) is 22.8 Å². The Hall–Kier alpha value is -2.93. The fourth-order valence-corrected chi connectivity index (χ4v) is 3.12. The number of phenolic OH excluding ortho intramolecular Hbond substituents is 2. The lowest BCUT2D eigenvalue weighted by Crippen LogP contribution is -1.99. The number of furan rings is 1. The lowest BCUT2D eigenvalue weighted by Gasteiger charge is -2.11. The SMILES string of the molecule is CCc1cc(-c2nnc(S)n2-c2ccc3occc3c2)c(O)cc1O. The molecule has 4 aromatic rings. The third-order valence-electron chi connectivity index (χ3n) is 4.16. The molecule has 0 saturated heterocycles. The number of aryl methyl sites for hydroxylation is 1. The molecule has 0 saturated carbocycles. The number of fused-ring (bicyclic) bond motifs is 1. The summed E-state index contributed by atoms with van der Waals surface area (Å²) in [5.41, 5.74) is 2.77. The molecule has 0 aliphatic rings. The highest BCUT2D eigenvalue weighted by atomic mass is 32.1. The Morgan fingerprint density at radius 3 is 2.72 bits per heavy atom. The summed E-state index contributed by atoms with van der Waals surface area (Å²) < 4.78 is 7.11. The first kappa shape index (κ1) is 15.6. The molecule has 0 unspecified atom stereocenters. The molecule has 0 aliphatic heterocycles. The van der Waals surface area contributed by atoms with E-state index in [1.807, 2.05) is 31.2 Å². The van der Waals surface area contributed by atoms with Gasteiger partial charge in [-0.3, -0.25) is 4.57 Å². The van der Waals surface area contributed by atoms with Crippen molar-refractivity contribution in [1.29, 1.82) is 0 Å². The van der Waals surface area contributed by atoms with Gasteiger partial charge in [0.25, 0.3) is 0 Å². The molecule has 126 valence electrons. The van der Waals surface area contributed by atoms with Crippen molar-refractivity contribution >= 4 is 23.6 Å². The fraction of sp³-hybridized carbons (Fsp3) is 0.111. The molecular weight excluding hydrogens is 338 g/mol. The summed E-state index contributed by atoms with van der Waals surface area (Å²) in [5, 5.41) is 29.8. The van der Waals surface area contributed by atoms with Gasteiger partial charge in [0, 0.05) is 11.5 Å². The molecule has 2 heterocycles. The van der Waals surface area contributed by atoms with Crippen LogP contribution in [0.1, 0.15) is 12.5 Å². The number of hydrogen-bond donors (Lipinski definition) is 3. The average Bonchev–Trinajstić information content (AvgIpc) is 3.20. The molecule has 0 aliphatic carbocycles. The number of phenols is 2. The van der Waals surface area contributed by atoms with Gasteiger partial charge in [-0.05, 0) is 42.3 Å². The minimum absolute atomic E-state index is 0.0562. The number of aromatic hydroxyl groups is 2. The van der Waals surface area contributed by atoms with Gasteiger partial charge in [-0.1, -0.05) is 6.92 Å². The van der Waals surface area contributed by atoms with Crippen LogP contribution in [-0.4, -0.2) is 25.0 Å². The Morgan fingerprint density at radius 1 is 1.08 bits per heavy atom. The highest BCUT2D eigenvalue weighted by molar-refractivity contribution is 7.80. The smallest absolute Gasteiger partial charge is 0.193 e. The summed E-state index contributed by atoms with van der Waals surface area (Å²) in [6.07, 6.45) is 2.25. The Kier molecular flexibility index (Phi) is 3.65. The summed E-state index contributed by atoms with van der Waals surface area (Å²) in [6.45, 7) is 1.93. The molecule has 0 fully saturated rings. The van der Waals surface area contributed by atoms with Crippen LogP contribution < -0.4 is 0 Å². The van der Waals surface area contributed by atoms with Crippen molar-refractivity contribution in [3.63, 3.8) is 0 Å². The van der Waals surface area contributed by atoms with Gasteiger partial charge in [0.2, 0.25) is 0 Å². The second kappa shape index (κ2) is 5.86. The van der Waals surface area contributed by atoms with Crippen molar-refractivity contribution in [3.05, 3.63) is 48.2 Å². The van der Waals surface area contributed by atoms with Crippen LogP contribution in [0.15, 0.2) is 52.2 Å². The van der Waals surface area contributed by atoms with Crippen molar-refractivity contribution in [1.82, 2.24) is 14.8 Å². The van der Waals surface area contributed by atoms with Crippen molar-refractivity contribution < 1.29 is 14.6 Å². The topological polar surface area (TPSA) is 84.3 Å². The molecule has 2 N–H and O–H groups in total. The predicted octanol–water partition coefficient (Wildman–Crippen LogP) is 3.94. The zero-order valence-corrected chi connectivity index (χ0v) is 14.2. The first-order chi connectivity index (χ1) is 12.1. The van der Waals surface area contributed by atoms with E-state index < -0.39 is 0 Å². The molecule has 4 rings (SSSR count). The summed E-state index contributed by atoms with van der Waals surface area (Å²) in [7, 11) is 0. The maximum atomic E-state index is 10.3. The number of nitrogens with zero attached hydrogens (tertiary/aromatic N) is 3. The molecule has 0 radical (unpaired) electrons. The Labute approximate surface area is 148 Å². The number of hydrogen-bond acceptors (Lipinski definition) is 6. The summed E-state index contributed by atoms with van der Waals surface area (Å²) in [4.78, 5) is 0. The van der Waals surface area contributed by atoms with Crippen LogP contribution in [0.4, 0.5) is 0 Å². The Bertz CT molecular complexity index is 1080. The van der Waals surface area contributed by atoms with Gasteiger partial charge in [0.15, 0.2) is 11.0 Å². The standard InChI is InChI=1S/C18H15N3O3S/c1-2-10-8-13(15(23)9-14(10)22)17-19-20-18(25)21(17)12-3-4-16-11(7-12)5-6-24-16/h3-9,22-23H,2H2,1H3,(H,20,25). The van der Waals surface area contributed by atoms with Crippen LogP contribution in [0.2, 0.25) is 0 Å². The second-order valence-electron chi connectivity index (χ2n) is 5.65. The second-order valence-corrected chi connectivity index (χ2v) is 6.05. The highest BCUT2D eigenvalue weighted by Crippen LogP contribution is 2.36. The van der Waals surface area contributed by atoms with Gasteiger partial charge >= 0.3 is 0 Å². The van der Waals surface area contributed by atoms with Gasteiger partial charge in [0.1, 0.15) is 17.1 Å². The molecule has 25 heavy (non-hydrogen) atoms. The van der Waals surface area contributed by atoms with Crippen LogP contribution in [0, 0.1) is 0 Å². The maximum Gasteiger partial charge on any atom is 0.193 e. The molecular formula is C18H15N3O3S. The monoisotopic (exact) mass is 353 g/mol. The van der Waals surface area contributed by atoms with Crippen LogP contribution in [0.3, 0.4) is 0 Å². The van der Waals surface area contributed by atoms with E-state index in [1.165, 1.54) is 6.07 Å².